The van der Waals surface area contributed by atoms with Crippen molar-refractivity contribution in [1.29, 1.82) is 0 Å². The lowest BCUT2D eigenvalue weighted by Crippen LogP contribution is -2.40. The number of nitrogens with one attached hydrogen (secondary N) is 2. The Balaban J connectivity index is 0.00000140. The number of hydrogen-bond acceptors (Lipinski definition) is 5. The second kappa shape index (κ2) is 8.63. The Bertz CT molecular complexity index is 989. The van der Waals surface area contributed by atoms with Crippen LogP contribution in [0.3, 0.4) is 0 Å². The molecule has 10 heteroatoms. The van der Waals surface area contributed by atoms with Gasteiger partial charge in [-0.15, -0.1) is 24.8 Å². The molecule has 1 amide bonds. The Morgan fingerprint density at radius 3 is 2.61 bits per heavy atom. The van der Waals surface area contributed by atoms with Gasteiger partial charge < -0.3 is 10.6 Å². The lowest BCUT2D eigenvalue weighted by molar-refractivity contribution is -0.117. The molecule has 2 aromatic heterocycles. The van der Waals surface area contributed by atoms with Crippen molar-refractivity contribution >= 4 is 47.4 Å². The summed E-state index contributed by atoms with van der Waals surface area (Å²) in [6, 6.07) is 1.82. The highest BCUT2D eigenvalue weighted by Crippen LogP contribution is 2.33. The zero-order chi connectivity index (χ0) is 18.4. The molecule has 1 aliphatic heterocycles. The fraction of sp³-hybridized carbons (Fsp3) is 0.556. The van der Waals surface area contributed by atoms with E-state index >= 15 is 0 Å². The number of hydrogen-bond donors (Lipinski definition) is 2. The molecule has 28 heavy (non-hydrogen) atoms. The van der Waals surface area contributed by atoms with E-state index in [2.05, 4.69) is 15.6 Å². The summed E-state index contributed by atoms with van der Waals surface area (Å²) in [6.45, 7) is 0. The third kappa shape index (κ3) is 3.81. The van der Waals surface area contributed by atoms with Gasteiger partial charge in [0.25, 0.3) is 5.56 Å². The molecule has 0 aromatic carbocycles. The topological polar surface area (TPSA) is 98.0 Å². The van der Waals surface area contributed by atoms with Crippen LogP contribution in [0.2, 0.25) is 0 Å². The Hall–Kier alpha value is -1.90. The molecule has 2 aromatic rings. The molecule has 0 bridgehead atoms. The van der Waals surface area contributed by atoms with Crippen molar-refractivity contribution in [1.82, 2.24) is 19.4 Å². The first-order chi connectivity index (χ1) is 12.5. The normalized spacial score (nSPS) is 23.4. The summed E-state index contributed by atoms with van der Waals surface area (Å²) in [5, 5.41) is 6.62. The SMILES string of the molecule is Cl.Cl.Cn1c(=O)c2cc(NC(=O)C3CC4CCCCC4N3)cnc2n(C)c1=O. The zero-order valence-corrected chi connectivity index (χ0v) is 17.4. The van der Waals surface area contributed by atoms with E-state index in [1.165, 1.54) is 37.1 Å². The average molecular weight is 430 g/mol. The molecule has 1 saturated heterocycles. The van der Waals surface area contributed by atoms with Gasteiger partial charge in [0.15, 0.2) is 0 Å². The van der Waals surface area contributed by atoms with Crippen LogP contribution in [0.5, 0.6) is 0 Å². The monoisotopic (exact) mass is 429 g/mol. The van der Waals surface area contributed by atoms with Crippen molar-refractivity contribution in [2.45, 2.75) is 44.2 Å². The third-order valence-electron chi connectivity index (χ3n) is 5.74. The number of pyridine rings is 1. The highest BCUT2D eigenvalue weighted by Gasteiger charge is 2.38. The first-order valence-corrected chi connectivity index (χ1v) is 9.08. The predicted octanol–water partition coefficient (Wildman–Crippen LogP) is 1.33. The molecule has 0 radical (unpaired) electrons. The molecule has 0 spiro atoms. The molecular weight excluding hydrogens is 405 g/mol. The summed E-state index contributed by atoms with van der Waals surface area (Å²) in [6.07, 6.45) is 7.13. The van der Waals surface area contributed by atoms with E-state index in [1.807, 2.05) is 0 Å². The van der Waals surface area contributed by atoms with Crippen LogP contribution in [0.25, 0.3) is 11.0 Å². The largest absolute Gasteiger partial charge is 0.332 e. The van der Waals surface area contributed by atoms with Gasteiger partial charge >= 0.3 is 5.69 Å². The minimum Gasteiger partial charge on any atom is -0.323 e. The number of fused-ring (bicyclic) bond motifs is 2. The fourth-order valence-corrected chi connectivity index (χ4v) is 4.28. The number of carbonyl (C=O) groups is 1. The first-order valence-electron chi connectivity index (χ1n) is 9.08. The van der Waals surface area contributed by atoms with Crippen molar-refractivity contribution in [3.05, 3.63) is 33.1 Å². The third-order valence-corrected chi connectivity index (χ3v) is 5.74. The highest BCUT2D eigenvalue weighted by molar-refractivity contribution is 5.96. The lowest BCUT2D eigenvalue weighted by Gasteiger charge is -2.24. The molecule has 2 fully saturated rings. The number of aryl methyl sites for hydroxylation is 1. The van der Waals surface area contributed by atoms with Crippen LogP contribution in [0.1, 0.15) is 32.1 Å². The van der Waals surface area contributed by atoms with Crippen LogP contribution < -0.4 is 21.9 Å². The Morgan fingerprint density at radius 2 is 1.89 bits per heavy atom. The van der Waals surface area contributed by atoms with Gasteiger partial charge in [0, 0.05) is 20.1 Å². The number of nitrogens with zero attached hydrogens (tertiary/aromatic N) is 3. The highest BCUT2D eigenvalue weighted by atomic mass is 35.5. The Morgan fingerprint density at radius 1 is 1.18 bits per heavy atom. The molecule has 8 nitrogen and oxygen atoms in total. The second-order valence-corrected chi connectivity index (χ2v) is 7.40. The molecule has 2 N–H and O–H groups in total. The minimum atomic E-state index is -0.426. The van der Waals surface area contributed by atoms with E-state index in [0.717, 1.165) is 17.4 Å². The number of anilines is 1. The summed E-state index contributed by atoms with van der Waals surface area (Å²) in [4.78, 5) is 41.2. The summed E-state index contributed by atoms with van der Waals surface area (Å²) in [7, 11) is 3.00. The molecule has 4 rings (SSSR count). The van der Waals surface area contributed by atoms with Crippen LogP contribution in [0.15, 0.2) is 21.9 Å². The molecule has 3 unspecified atom stereocenters. The van der Waals surface area contributed by atoms with Gasteiger partial charge in [-0.25, -0.2) is 9.78 Å². The van der Waals surface area contributed by atoms with E-state index in [1.54, 1.807) is 13.1 Å². The van der Waals surface area contributed by atoms with Crippen LogP contribution in [0, 0.1) is 5.92 Å². The first kappa shape index (κ1) is 22.4. The molecule has 154 valence electrons. The van der Waals surface area contributed by atoms with E-state index in [-0.39, 0.29) is 36.8 Å². The Kier molecular flexibility index (Phi) is 6.90. The van der Waals surface area contributed by atoms with Crippen LogP contribution in [-0.2, 0) is 18.9 Å². The molecule has 2 aliphatic rings. The molecule has 3 heterocycles. The van der Waals surface area contributed by atoms with Crippen molar-refractivity contribution in [2.75, 3.05) is 5.32 Å². The number of aromatic nitrogens is 3. The maximum Gasteiger partial charge on any atom is 0.332 e. The quantitative estimate of drug-likeness (QED) is 0.750. The van der Waals surface area contributed by atoms with Gasteiger partial charge in [0.1, 0.15) is 5.65 Å². The van der Waals surface area contributed by atoms with E-state index in [9.17, 15) is 14.4 Å². The molecule has 1 aliphatic carbocycles. The minimum absolute atomic E-state index is 0. The maximum atomic E-state index is 12.6. The number of amides is 1. The van der Waals surface area contributed by atoms with Crippen LogP contribution in [0.4, 0.5) is 5.69 Å². The van der Waals surface area contributed by atoms with E-state index in [0.29, 0.717) is 28.7 Å². The Labute approximate surface area is 174 Å². The summed E-state index contributed by atoms with van der Waals surface area (Å²) >= 11 is 0. The standard InChI is InChI=1S/C18H23N5O3.2ClH/c1-22-15-12(17(25)23(2)18(22)26)8-11(9-19-15)20-16(24)14-7-10-5-3-4-6-13(10)21-14;;/h8-10,13-14,21H,3-7H2,1-2H3,(H,20,24);2*1H. The van der Waals surface area contributed by atoms with Crippen LogP contribution >= 0.6 is 24.8 Å². The van der Waals surface area contributed by atoms with Crippen LogP contribution in [-0.4, -0.2) is 32.1 Å². The van der Waals surface area contributed by atoms with Gasteiger partial charge in [0.05, 0.1) is 23.3 Å². The van der Waals surface area contributed by atoms with Crippen molar-refractivity contribution in [2.24, 2.45) is 20.0 Å². The lowest BCUT2D eigenvalue weighted by atomic mass is 9.85. The van der Waals surface area contributed by atoms with E-state index < -0.39 is 11.2 Å². The van der Waals surface area contributed by atoms with Gasteiger partial charge in [0.2, 0.25) is 5.91 Å². The summed E-state index contributed by atoms with van der Waals surface area (Å²) in [5.74, 6) is 0.484. The average Bonchev–Trinajstić information content (AvgIpc) is 3.09. The number of rotatable bonds is 2. The van der Waals surface area contributed by atoms with Gasteiger partial charge in [-0.3, -0.25) is 18.7 Å². The van der Waals surface area contributed by atoms with Crippen molar-refractivity contribution in [3.63, 3.8) is 0 Å². The van der Waals surface area contributed by atoms with Crippen molar-refractivity contribution in [3.8, 4) is 0 Å². The number of halogens is 2. The van der Waals surface area contributed by atoms with E-state index in [4.69, 9.17) is 0 Å². The molecule has 3 atom stereocenters. The smallest absolute Gasteiger partial charge is 0.323 e. The summed E-state index contributed by atoms with van der Waals surface area (Å²) in [5.41, 5.74) is -0.0720. The molecule has 1 saturated carbocycles. The fourth-order valence-electron chi connectivity index (χ4n) is 4.28. The van der Waals surface area contributed by atoms with Crippen molar-refractivity contribution < 1.29 is 4.79 Å². The zero-order valence-electron chi connectivity index (χ0n) is 15.8. The number of carbonyl (C=O) groups excluding carboxylic acids is 1. The maximum absolute atomic E-state index is 12.6. The van der Waals surface area contributed by atoms with Gasteiger partial charge in [-0.05, 0) is 31.2 Å². The van der Waals surface area contributed by atoms with Gasteiger partial charge in [-0.2, -0.15) is 0 Å². The molecular formula is C18H25Cl2N5O3. The second-order valence-electron chi connectivity index (χ2n) is 7.40. The predicted molar refractivity (Wildman–Crippen MR) is 113 cm³/mol. The van der Waals surface area contributed by atoms with Gasteiger partial charge in [-0.1, -0.05) is 12.8 Å². The summed E-state index contributed by atoms with van der Waals surface area (Å²) < 4.78 is 2.37.